The zero-order valence-corrected chi connectivity index (χ0v) is 33.5. The average molecular weight is 856 g/mol. The molecule has 267 valence electrons. The van der Waals surface area contributed by atoms with E-state index in [0.29, 0.717) is 0 Å². The monoisotopic (exact) mass is 856 g/mol. The third-order valence-corrected chi connectivity index (χ3v) is 10.7. The Morgan fingerprint density at radius 2 is 1.29 bits per heavy atom. The van der Waals surface area contributed by atoms with E-state index in [4.69, 9.17) is 0 Å². The van der Waals surface area contributed by atoms with Gasteiger partial charge in [0, 0.05) is 61.2 Å². The van der Waals surface area contributed by atoms with Crippen molar-refractivity contribution in [1.29, 1.82) is 0 Å². The molecular weight excluding hydrogens is 805 g/mol. The number of hydrogen-bond donors (Lipinski definition) is 1. The molecule has 0 bridgehead atoms. The maximum absolute atomic E-state index is 11.7. The maximum atomic E-state index is 11.7. The molecule has 7 aromatic rings. The molecule has 4 aromatic carbocycles. The fraction of sp³-hybridized carbons (Fsp3) is 0.304. The van der Waals surface area contributed by atoms with Crippen molar-refractivity contribution in [2.75, 3.05) is 0 Å². The molecule has 4 nitrogen and oxygen atoms in total. The summed E-state index contributed by atoms with van der Waals surface area (Å²) in [5, 5.41) is 17.3. The first-order valence-corrected chi connectivity index (χ1v) is 18.2. The van der Waals surface area contributed by atoms with Crippen LogP contribution in [0.5, 0.6) is 0 Å². The number of para-hydroxylation sites is 2. The van der Waals surface area contributed by atoms with Crippen LogP contribution in [-0.2, 0) is 30.3 Å². The van der Waals surface area contributed by atoms with Crippen LogP contribution in [0.2, 0.25) is 0 Å². The Hall–Kier alpha value is -4.31. The molecule has 0 saturated carbocycles. The van der Waals surface area contributed by atoms with E-state index in [9.17, 15) is 9.90 Å². The van der Waals surface area contributed by atoms with E-state index in [1.165, 1.54) is 60.5 Å². The SMILES string of the molecule is CCC(CC)C(=O)/C=C(\O)C(CC)CC.[CH2-]c1c(-c2c3c(cc[n+]2[CH2-])c2cccc4c5ccccc5n3c42)cc(C(C)(C)C)c2ccccc12.[Ir]. The molecule has 1 radical (unpaired) electrons. The van der Waals surface area contributed by atoms with Crippen LogP contribution in [0, 0.1) is 25.8 Å². The van der Waals surface area contributed by atoms with Crippen molar-refractivity contribution in [1.82, 2.24) is 4.40 Å². The first kappa shape index (κ1) is 37.9. The van der Waals surface area contributed by atoms with E-state index in [1.54, 1.807) is 0 Å². The summed E-state index contributed by atoms with van der Waals surface area (Å²) < 4.78 is 4.47. The van der Waals surface area contributed by atoms with Gasteiger partial charge >= 0.3 is 0 Å². The van der Waals surface area contributed by atoms with Crippen molar-refractivity contribution in [3.8, 4) is 11.3 Å². The van der Waals surface area contributed by atoms with Gasteiger partial charge in [0.2, 0.25) is 0 Å². The molecule has 1 N–H and O–H groups in total. The fourth-order valence-corrected chi connectivity index (χ4v) is 7.82. The van der Waals surface area contributed by atoms with Gasteiger partial charge in [-0.25, -0.2) is 0 Å². The molecule has 7 rings (SSSR count). The summed E-state index contributed by atoms with van der Waals surface area (Å²) >= 11 is 0. The Morgan fingerprint density at radius 3 is 1.90 bits per heavy atom. The van der Waals surface area contributed by atoms with Crippen LogP contribution >= 0.6 is 0 Å². The summed E-state index contributed by atoms with van der Waals surface area (Å²) in [5.74, 6) is 0.547. The Morgan fingerprint density at radius 1 is 0.765 bits per heavy atom. The van der Waals surface area contributed by atoms with Crippen LogP contribution in [-0.4, -0.2) is 15.3 Å². The number of hydrogen-bond acceptors (Lipinski definition) is 2. The average Bonchev–Trinajstić information content (AvgIpc) is 3.62. The van der Waals surface area contributed by atoms with Crippen LogP contribution in [0.4, 0.5) is 0 Å². The number of rotatable bonds is 8. The zero-order chi connectivity index (χ0) is 35.9. The van der Waals surface area contributed by atoms with Gasteiger partial charge in [-0.05, 0) is 48.6 Å². The predicted octanol–water partition coefficient (Wildman–Crippen LogP) is 11.9. The molecule has 0 unspecified atom stereocenters. The third-order valence-electron chi connectivity index (χ3n) is 10.7. The predicted molar refractivity (Wildman–Crippen MR) is 212 cm³/mol. The number of aliphatic hydroxyl groups excluding tert-OH is 1. The Balaban J connectivity index is 0.000000271. The zero-order valence-electron chi connectivity index (χ0n) is 31.1. The number of fused-ring (bicyclic) bond motifs is 7. The van der Waals surface area contributed by atoms with Crippen LogP contribution in [0.3, 0.4) is 0 Å². The van der Waals surface area contributed by atoms with Gasteiger partial charge in [-0.15, -0.1) is 23.1 Å². The van der Waals surface area contributed by atoms with Crippen molar-refractivity contribution in [2.24, 2.45) is 11.8 Å². The van der Waals surface area contributed by atoms with Crippen molar-refractivity contribution in [3.05, 3.63) is 122 Å². The third kappa shape index (κ3) is 6.63. The second-order valence-corrected chi connectivity index (χ2v) is 14.7. The first-order chi connectivity index (χ1) is 24.0. The van der Waals surface area contributed by atoms with Crippen molar-refractivity contribution >= 4 is 54.7 Å². The summed E-state index contributed by atoms with van der Waals surface area (Å²) in [6.07, 6.45) is 7.00. The molecule has 0 aliphatic heterocycles. The van der Waals surface area contributed by atoms with Crippen molar-refractivity contribution in [2.45, 2.75) is 79.6 Å². The van der Waals surface area contributed by atoms with Gasteiger partial charge in [-0.2, -0.15) is 12.5 Å². The van der Waals surface area contributed by atoms with Crippen molar-refractivity contribution in [3.63, 3.8) is 0 Å². The number of carbonyl (C=O) groups is 1. The molecule has 0 amide bonds. The number of pyridine rings is 1. The van der Waals surface area contributed by atoms with E-state index >= 15 is 0 Å². The number of allylic oxidation sites excluding steroid dienone is 2. The number of ketones is 1. The van der Waals surface area contributed by atoms with Gasteiger partial charge in [-0.1, -0.05) is 114 Å². The number of benzene rings is 4. The summed E-state index contributed by atoms with van der Waals surface area (Å²) in [7, 11) is 4.45. The van der Waals surface area contributed by atoms with E-state index in [0.717, 1.165) is 42.5 Å². The first-order valence-electron chi connectivity index (χ1n) is 18.2. The molecular formula is C46H51IrN2O2-. The van der Waals surface area contributed by atoms with Gasteiger partial charge in [0.15, 0.2) is 5.78 Å². The largest absolute Gasteiger partial charge is 0.512 e. The normalized spacial score (nSPS) is 12.4. The fourth-order valence-electron chi connectivity index (χ4n) is 7.82. The summed E-state index contributed by atoms with van der Waals surface area (Å²) in [6, 6.07) is 28.6. The molecule has 3 heterocycles. The summed E-state index contributed by atoms with van der Waals surface area (Å²) in [6.45, 7) is 19.5. The standard InChI is InChI=1S/C33H27N2.C13H24O2.Ir/c1-20-21-11-6-7-12-22(21)28(33(2,3)4)19-27(20)31-32-26(17-18-34(31)5)25-15-10-14-24-23-13-8-9-16-29(23)35(32)30(24)25;1-5-10(6-2)12(14)9-13(15)11(7-3)8-4;/h6-19H,1,5H2,2-4H3;9-11,14H,5-8H2,1-4H3;/q-1;;/b;12-9-;. The van der Waals surface area contributed by atoms with Crippen LogP contribution in [0.1, 0.15) is 85.3 Å². The molecule has 3 aromatic heterocycles. The topological polar surface area (TPSA) is 45.6 Å². The second kappa shape index (κ2) is 15.1. The molecule has 0 spiro atoms. The van der Waals surface area contributed by atoms with E-state index in [-0.39, 0.29) is 48.9 Å². The van der Waals surface area contributed by atoms with Gasteiger partial charge < -0.3 is 14.1 Å². The number of aromatic nitrogens is 2. The molecule has 51 heavy (non-hydrogen) atoms. The van der Waals surface area contributed by atoms with Crippen LogP contribution in [0.15, 0.2) is 96.9 Å². The minimum Gasteiger partial charge on any atom is -0.512 e. The number of carbonyl (C=O) groups excluding carboxylic acids is 1. The van der Waals surface area contributed by atoms with Gasteiger partial charge in [0.1, 0.15) is 0 Å². The molecule has 0 aliphatic rings. The number of nitrogens with zero attached hydrogens (tertiary/aromatic N) is 2. The number of aliphatic hydroxyl groups is 1. The van der Waals surface area contributed by atoms with E-state index in [1.807, 2.05) is 32.3 Å². The van der Waals surface area contributed by atoms with Crippen LogP contribution in [0.25, 0.3) is 60.1 Å². The molecule has 0 aliphatic carbocycles. The van der Waals surface area contributed by atoms with Gasteiger partial charge in [0.05, 0.1) is 34.2 Å². The minimum atomic E-state index is -0.0115. The van der Waals surface area contributed by atoms with Gasteiger partial charge in [0.25, 0.3) is 0 Å². The smallest absolute Gasteiger partial charge is 0.162 e. The Bertz CT molecular complexity index is 2370. The summed E-state index contributed by atoms with van der Waals surface area (Å²) in [5.41, 5.74) is 8.29. The maximum Gasteiger partial charge on any atom is 0.162 e. The Labute approximate surface area is 316 Å². The minimum absolute atomic E-state index is 0. The molecule has 0 saturated heterocycles. The van der Waals surface area contributed by atoms with Crippen molar-refractivity contribution < 1.29 is 34.6 Å². The van der Waals surface area contributed by atoms with Gasteiger partial charge in [-0.3, -0.25) is 4.79 Å². The Kier molecular flexibility index (Phi) is 11.2. The second-order valence-electron chi connectivity index (χ2n) is 14.7. The molecule has 5 heteroatoms. The van der Waals surface area contributed by atoms with E-state index in [2.05, 4.69) is 124 Å². The molecule has 0 fully saturated rings. The van der Waals surface area contributed by atoms with Crippen LogP contribution < -0.4 is 4.57 Å². The quantitative estimate of drug-likeness (QED) is 0.0716. The van der Waals surface area contributed by atoms with E-state index < -0.39 is 0 Å². The summed E-state index contributed by atoms with van der Waals surface area (Å²) in [4.78, 5) is 11.7. The molecule has 0 atom stereocenters.